The zero-order chi connectivity index (χ0) is 46.3. The molecule has 0 aromatic heterocycles. The molecule has 0 amide bonds. The Kier molecular flexibility index (Phi) is 53.3. The number of rotatable bonds is 52. The van der Waals surface area contributed by atoms with Gasteiger partial charge in [0.05, 0.1) is 6.61 Å². The van der Waals surface area contributed by atoms with Gasteiger partial charge >= 0.3 is 11.9 Å². The number of hydrogen-bond acceptors (Lipinski definition) is 5. The van der Waals surface area contributed by atoms with Crippen molar-refractivity contribution in [3.8, 4) is 0 Å². The summed E-state index contributed by atoms with van der Waals surface area (Å²) < 4.78 is 17.4. The van der Waals surface area contributed by atoms with Gasteiger partial charge in [-0.3, -0.25) is 9.59 Å². The van der Waals surface area contributed by atoms with Gasteiger partial charge < -0.3 is 14.2 Å². The smallest absolute Gasteiger partial charge is 0.306 e. The maximum absolute atomic E-state index is 12.8. The van der Waals surface area contributed by atoms with Crippen molar-refractivity contribution in [1.29, 1.82) is 0 Å². The zero-order valence-corrected chi connectivity index (χ0v) is 43.1. The molecule has 0 aromatic carbocycles. The second-order valence-electron chi connectivity index (χ2n) is 18.8. The van der Waals surface area contributed by atoms with Crippen molar-refractivity contribution < 1.29 is 23.8 Å². The molecule has 1 unspecified atom stereocenters. The fourth-order valence-corrected chi connectivity index (χ4v) is 8.07. The van der Waals surface area contributed by atoms with E-state index in [1.54, 1.807) is 0 Å². The van der Waals surface area contributed by atoms with E-state index in [1.807, 2.05) is 0 Å². The first kappa shape index (κ1) is 61.9. The molecule has 0 aliphatic carbocycles. The summed E-state index contributed by atoms with van der Waals surface area (Å²) >= 11 is 0. The highest BCUT2D eigenvalue weighted by molar-refractivity contribution is 5.70. The van der Waals surface area contributed by atoms with Gasteiger partial charge in [-0.25, -0.2) is 0 Å². The van der Waals surface area contributed by atoms with Crippen LogP contribution in [0.25, 0.3) is 0 Å². The molecule has 0 aliphatic rings. The van der Waals surface area contributed by atoms with E-state index in [4.69, 9.17) is 14.2 Å². The first-order valence-corrected chi connectivity index (χ1v) is 28.2. The summed E-state index contributed by atoms with van der Waals surface area (Å²) in [6, 6.07) is 0. The Morgan fingerprint density at radius 1 is 0.344 bits per heavy atom. The highest BCUT2D eigenvalue weighted by Gasteiger charge is 2.17. The largest absolute Gasteiger partial charge is 0.462 e. The number of hydrogen-bond donors (Lipinski definition) is 0. The van der Waals surface area contributed by atoms with Crippen LogP contribution in [0.4, 0.5) is 0 Å². The van der Waals surface area contributed by atoms with E-state index in [1.165, 1.54) is 199 Å². The minimum Gasteiger partial charge on any atom is -0.462 e. The number of esters is 2. The first-order valence-electron chi connectivity index (χ1n) is 28.2. The molecule has 64 heavy (non-hydrogen) atoms. The van der Waals surface area contributed by atoms with E-state index in [0.29, 0.717) is 19.4 Å². The van der Waals surface area contributed by atoms with Crippen LogP contribution in [0.15, 0.2) is 48.6 Å². The normalized spacial score (nSPS) is 12.5. The maximum atomic E-state index is 12.8. The maximum Gasteiger partial charge on any atom is 0.306 e. The Hall–Kier alpha value is -2.14. The van der Waals surface area contributed by atoms with Crippen LogP contribution in [0.3, 0.4) is 0 Å². The lowest BCUT2D eigenvalue weighted by atomic mass is 10.1. The molecule has 0 aromatic rings. The van der Waals surface area contributed by atoms with E-state index in [2.05, 4.69) is 69.4 Å². The molecule has 0 N–H and O–H groups in total. The minimum atomic E-state index is -0.546. The van der Waals surface area contributed by atoms with Crippen LogP contribution >= 0.6 is 0 Å². The van der Waals surface area contributed by atoms with Gasteiger partial charge in [0.1, 0.15) is 6.61 Å². The van der Waals surface area contributed by atoms with Gasteiger partial charge in [-0.2, -0.15) is 0 Å². The zero-order valence-electron chi connectivity index (χ0n) is 43.1. The van der Waals surface area contributed by atoms with Gasteiger partial charge in [-0.15, -0.1) is 0 Å². The van der Waals surface area contributed by atoms with Crippen molar-refractivity contribution in [3.05, 3.63) is 48.6 Å². The predicted molar refractivity (Wildman–Crippen MR) is 279 cm³/mol. The average molecular weight is 898 g/mol. The molecule has 0 saturated carbocycles. The summed E-state index contributed by atoms with van der Waals surface area (Å²) in [5.41, 5.74) is 0. The van der Waals surface area contributed by atoms with Crippen LogP contribution in [0.5, 0.6) is 0 Å². The fraction of sp³-hybridized carbons (Fsp3) is 0.831. The molecule has 0 bridgehead atoms. The molecule has 0 heterocycles. The lowest BCUT2D eigenvalue weighted by Crippen LogP contribution is -2.30. The van der Waals surface area contributed by atoms with Crippen LogP contribution in [0.1, 0.15) is 290 Å². The van der Waals surface area contributed by atoms with Crippen molar-refractivity contribution in [2.75, 3.05) is 19.8 Å². The number of carbonyl (C=O) groups is 2. The van der Waals surface area contributed by atoms with Gasteiger partial charge in [-0.05, 0) is 96.3 Å². The molecule has 0 saturated heterocycles. The van der Waals surface area contributed by atoms with Gasteiger partial charge in [0.2, 0.25) is 0 Å². The summed E-state index contributed by atoms with van der Waals surface area (Å²) in [5.74, 6) is -0.409. The predicted octanol–water partition coefficient (Wildman–Crippen LogP) is 19.1. The Morgan fingerprint density at radius 2 is 0.688 bits per heavy atom. The lowest BCUT2D eigenvalue weighted by molar-refractivity contribution is -0.163. The summed E-state index contributed by atoms with van der Waals surface area (Å²) in [7, 11) is 0. The minimum absolute atomic E-state index is 0.0782. The van der Waals surface area contributed by atoms with Crippen molar-refractivity contribution in [2.24, 2.45) is 0 Å². The molecule has 0 rings (SSSR count). The van der Waals surface area contributed by atoms with Crippen molar-refractivity contribution >= 4 is 11.9 Å². The summed E-state index contributed by atoms with van der Waals surface area (Å²) in [6.45, 7) is 7.77. The molecule has 5 nitrogen and oxygen atoms in total. The molecule has 1 atom stereocenters. The summed E-state index contributed by atoms with van der Waals surface area (Å²) in [5, 5.41) is 0. The quantitative estimate of drug-likeness (QED) is 0.0346. The van der Waals surface area contributed by atoms with Gasteiger partial charge in [0, 0.05) is 19.4 Å². The second-order valence-corrected chi connectivity index (χ2v) is 18.8. The van der Waals surface area contributed by atoms with E-state index >= 15 is 0 Å². The molecule has 0 aliphatic heterocycles. The third-order valence-corrected chi connectivity index (χ3v) is 12.3. The van der Waals surface area contributed by atoms with Crippen molar-refractivity contribution in [1.82, 2.24) is 0 Å². The third-order valence-electron chi connectivity index (χ3n) is 12.3. The van der Waals surface area contributed by atoms with Crippen LogP contribution < -0.4 is 0 Å². The molecule has 0 radical (unpaired) electrons. The molecule has 374 valence electrons. The number of unbranched alkanes of at least 4 members (excludes halogenated alkanes) is 33. The summed E-state index contributed by atoms with van der Waals surface area (Å²) in [4.78, 5) is 25.5. The highest BCUT2D eigenvalue weighted by Crippen LogP contribution is 2.15. The SMILES string of the molecule is CCC/C=C\C/C=C\CCCCCCCC(=O)OC(COCCCCCCCCCC/C=C\CCCCCCCC)COC(=O)CCCCCCCCC/C=C\CCCCCCCC. The van der Waals surface area contributed by atoms with Gasteiger partial charge in [0.15, 0.2) is 6.10 Å². The Morgan fingerprint density at radius 3 is 1.11 bits per heavy atom. The van der Waals surface area contributed by atoms with Crippen LogP contribution in [-0.4, -0.2) is 37.9 Å². The van der Waals surface area contributed by atoms with E-state index in [9.17, 15) is 9.59 Å². The number of carbonyl (C=O) groups excluding carboxylic acids is 2. The standard InChI is InChI=1S/C59H108O5/c1-4-7-10-13-16-19-22-25-27-29-31-33-36-39-42-45-48-51-54-62-55-57(64-59(61)53-50-47-44-41-38-34-24-21-18-15-12-9-6-3)56-63-58(60)52-49-46-43-40-37-35-32-30-28-26-23-20-17-14-11-8-5-2/h12,15,21,24-28,57H,4-11,13-14,16-20,22-23,29-56H2,1-3H3/b15-12-,24-21-,27-25-,28-26-. The fourth-order valence-electron chi connectivity index (χ4n) is 8.07. The molecule has 0 fully saturated rings. The topological polar surface area (TPSA) is 61.8 Å². The second kappa shape index (κ2) is 55.2. The summed E-state index contributed by atoms with van der Waals surface area (Å²) in [6.07, 6.45) is 68.4. The first-order chi connectivity index (χ1) is 31.6. The highest BCUT2D eigenvalue weighted by atomic mass is 16.6. The Labute approximate surface area is 399 Å². The average Bonchev–Trinajstić information content (AvgIpc) is 3.30. The monoisotopic (exact) mass is 897 g/mol. The van der Waals surface area contributed by atoms with Crippen LogP contribution in [0.2, 0.25) is 0 Å². The van der Waals surface area contributed by atoms with Crippen LogP contribution in [-0.2, 0) is 23.8 Å². The Bertz CT molecular complexity index is 1060. The van der Waals surface area contributed by atoms with E-state index in [-0.39, 0.29) is 25.2 Å². The van der Waals surface area contributed by atoms with E-state index < -0.39 is 6.10 Å². The molecule has 0 spiro atoms. The van der Waals surface area contributed by atoms with Gasteiger partial charge in [0.25, 0.3) is 0 Å². The lowest BCUT2D eigenvalue weighted by Gasteiger charge is -2.18. The Balaban J connectivity index is 4.25. The third kappa shape index (κ3) is 52.5. The molecular formula is C59H108O5. The molecule has 5 heteroatoms. The number of allylic oxidation sites excluding steroid dienone is 8. The number of ether oxygens (including phenoxy) is 3. The van der Waals surface area contributed by atoms with Crippen molar-refractivity contribution in [3.63, 3.8) is 0 Å². The molecular weight excluding hydrogens is 789 g/mol. The van der Waals surface area contributed by atoms with Crippen molar-refractivity contribution in [2.45, 2.75) is 297 Å². The van der Waals surface area contributed by atoms with Gasteiger partial charge in [-0.1, -0.05) is 230 Å². The van der Waals surface area contributed by atoms with E-state index in [0.717, 1.165) is 57.8 Å². The van der Waals surface area contributed by atoms with Crippen LogP contribution in [0, 0.1) is 0 Å².